The number of amides is 2. The molecule has 5 nitrogen and oxygen atoms in total. The van der Waals surface area contributed by atoms with Crippen LogP contribution in [0.15, 0.2) is 48.5 Å². The topological polar surface area (TPSA) is 71.2 Å². The van der Waals surface area contributed by atoms with Gasteiger partial charge in [0.15, 0.2) is 0 Å². The summed E-state index contributed by atoms with van der Waals surface area (Å²) in [4.78, 5) is 16.4. The molecule has 0 radical (unpaired) electrons. The van der Waals surface area contributed by atoms with Gasteiger partial charge in [-0.2, -0.15) is 13.2 Å². The van der Waals surface area contributed by atoms with E-state index in [4.69, 9.17) is 5.73 Å². The number of hydrogen-bond donors (Lipinski definition) is 2. The summed E-state index contributed by atoms with van der Waals surface area (Å²) in [5.41, 5.74) is 4.23. The minimum Gasteiger partial charge on any atom is -0.383 e. The molecule has 1 saturated heterocycles. The van der Waals surface area contributed by atoms with Gasteiger partial charge in [0.1, 0.15) is 17.3 Å². The van der Waals surface area contributed by atoms with Gasteiger partial charge in [0.25, 0.3) is 0 Å². The fourth-order valence-corrected chi connectivity index (χ4v) is 3.79. The Morgan fingerprint density at radius 2 is 1.71 bits per heavy atom. The third-order valence-electron chi connectivity index (χ3n) is 5.43. The number of halogens is 5. The van der Waals surface area contributed by atoms with E-state index in [1.54, 1.807) is 12.1 Å². The van der Waals surface area contributed by atoms with Crippen LogP contribution in [0.5, 0.6) is 0 Å². The van der Waals surface area contributed by atoms with Crippen LogP contribution >= 0.6 is 0 Å². The van der Waals surface area contributed by atoms with Crippen LogP contribution in [0.3, 0.4) is 0 Å². The van der Waals surface area contributed by atoms with Gasteiger partial charge in [-0.15, -0.1) is 0 Å². The van der Waals surface area contributed by atoms with Crippen molar-refractivity contribution in [3.8, 4) is 0 Å². The lowest BCUT2D eigenvalue weighted by molar-refractivity contribution is -0.140. The minimum atomic E-state index is -4.69. The van der Waals surface area contributed by atoms with Crippen molar-refractivity contribution in [1.29, 1.82) is 0 Å². The molecule has 0 aliphatic carbocycles. The number of nitrogens with two attached hydrogens (primary N) is 1. The molecule has 1 aliphatic heterocycles. The van der Waals surface area contributed by atoms with Crippen LogP contribution in [0.4, 0.5) is 32.4 Å². The van der Waals surface area contributed by atoms with E-state index < -0.39 is 35.0 Å². The van der Waals surface area contributed by atoms with E-state index in [1.165, 1.54) is 23.1 Å². The highest BCUT2D eigenvalue weighted by Crippen LogP contribution is 2.37. The smallest absolute Gasteiger partial charge is 0.383 e. The Morgan fingerprint density at radius 1 is 1.06 bits per heavy atom. The van der Waals surface area contributed by atoms with Gasteiger partial charge in [0.05, 0.1) is 5.52 Å². The predicted octanol–water partition coefficient (Wildman–Crippen LogP) is 4.28. The first-order valence-corrected chi connectivity index (χ1v) is 9.29. The van der Waals surface area contributed by atoms with Crippen LogP contribution in [0.25, 0.3) is 10.9 Å². The zero-order chi connectivity index (χ0) is 22.4. The third-order valence-corrected chi connectivity index (χ3v) is 5.43. The summed E-state index contributed by atoms with van der Waals surface area (Å²) in [5, 5.41) is 3.15. The first-order chi connectivity index (χ1) is 14.6. The molecule has 2 aromatic carbocycles. The second-order valence-corrected chi connectivity index (χ2v) is 7.55. The molecule has 0 spiro atoms. The number of alkyl halides is 3. The maximum absolute atomic E-state index is 13.8. The fraction of sp³-hybridized carbons (Fsp3) is 0.238. The average Bonchev–Trinajstić information content (AvgIpc) is 2.67. The molecule has 4 rings (SSSR count). The summed E-state index contributed by atoms with van der Waals surface area (Å²) >= 11 is 0. The number of pyridine rings is 1. The zero-order valence-corrected chi connectivity index (χ0v) is 16.0. The van der Waals surface area contributed by atoms with Gasteiger partial charge in [-0.3, -0.25) is 0 Å². The number of primary amides is 1. The number of carbonyl (C=O) groups excluding carboxylic acids is 1. The van der Waals surface area contributed by atoms with Crippen molar-refractivity contribution >= 4 is 22.6 Å². The van der Waals surface area contributed by atoms with Crippen LogP contribution < -0.4 is 11.1 Å². The minimum absolute atomic E-state index is 0.0121. The average molecular weight is 436 g/mol. The van der Waals surface area contributed by atoms with Crippen molar-refractivity contribution in [3.05, 3.63) is 71.4 Å². The van der Waals surface area contributed by atoms with Crippen molar-refractivity contribution in [2.45, 2.75) is 11.6 Å². The SMILES string of the molecule is NC(=O)N1CC(CNc2cc(C(F)(F)F)nc3ccc(F)cc23)(c2ccc(F)cc2)C1. The largest absolute Gasteiger partial charge is 0.433 e. The van der Waals surface area contributed by atoms with Crippen molar-refractivity contribution in [3.63, 3.8) is 0 Å². The van der Waals surface area contributed by atoms with Crippen LogP contribution in [0, 0.1) is 11.6 Å². The van der Waals surface area contributed by atoms with Crippen molar-refractivity contribution in [2.75, 3.05) is 25.0 Å². The molecular formula is C21H17F5N4O. The molecule has 3 aromatic rings. The highest BCUT2D eigenvalue weighted by molar-refractivity contribution is 5.91. The normalized spacial score (nSPS) is 15.6. The number of likely N-dealkylation sites (tertiary alicyclic amines) is 1. The van der Waals surface area contributed by atoms with Gasteiger partial charge in [-0.1, -0.05) is 12.1 Å². The van der Waals surface area contributed by atoms with E-state index >= 15 is 0 Å². The molecule has 2 heterocycles. The van der Waals surface area contributed by atoms with E-state index in [9.17, 15) is 26.7 Å². The number of rotatable bonds is 4. The number of hydrogen-bond acceptors (Lipinski definition) is 3. The van der Waals surface area contributed by atoms with E-state index in [0.717, 1.165) is 18.2 Å². The Labute approximate surface area is 173 Å². The summed E-state index contributed by atoms with van der Waals surface area (Å²) in [6.45, 7) is 0.504. The Balaban J connectivity index is 1.71. The number of carbonyl (C=O) groups is 1. The molecule has 1 fully saturated rings. The predicted molar refractivity (Wildman–Crippen MR) is 104 cm³/mol. The molecule has 1 aliphatic rings. The first-order valence-electron chi connectivity index (χ1n) is 9.29. The Morgan fingerprint density at radius 3 is 2.32 bits per heavy atom. The monoisotopic (exact) mass is 436 g/mol. The van der Waals surface area contributed by atoms with E-state index in [-0.39, 0.29) is 36.2 Å². The van der Waals surface area contributed by atoms with Gasteiger partial charge >= 0.3 is 12.2 Å². The number of fused-ring (bicyclic) bond motifs is 1. The molecule has 0 atom stereocenters. The third kappa shape index (κ3) is 3.97. The molecule has 0 saturated carbocycles. The number of benzene rings is 2. The Bertz CT molecular complexity index is 1140. The highest BCUT2D eigenvalue weighted by atomic mass is 19.4. The summed E-state index contributed by atoms with van der Waals surface area (Å²) in [7, 11) is 0. The summed E-state index contributed by atoms with van der Waals surface area (Å²) < 4.78 is 67.1. The molecular weight excluding hydrogens is 419 g/mol. The number of nitrogens with one attached hydrogen (secondary N) is 1. The fourth-order valence-electron chi connectivity index (χ4n) is 3.79. The number of urea groups is 1. The molecule has 0 bridgehead atoms. The van der Waals surface area contributed by atoms with Gasteiger partial charge in [0, 0.05) is 36.1 Å². The van der Waals surface area contributed by atoms with Crippen molar-refractivity contribution in [1.82, 2.24) is 9.88 Å². The van der Waals surface area contributed by atoms with E-state index in [0.29, 0.717) is 5.56 Å². The number of nitrogens with zero attached hydrogens (tertiary/aromatic N) is 2. The summed E-state index contributed by atoms with van der Waals surface area (Å²) in [5.74, 6) is -1.06. The maximum Gasteiger partial charge on any atom is 0.433 e. The van der Waals surface area contributed by atoms with Gasteiger partial charge < -0.3 is 16.0 Å². The van der Waals surface area contributed by atoms with Gasteiger partial charge in [-0.25, -0.2) is 18.6 Å². The van der Waals surface area contributed by atoms with Crippen LogP contribution in [0.2, 0.25) is 0 Å². The van der Waals surface area contributed by atoms with E-state index in [2.05, 4.69) is 10.3 Å². The lowest BCUT2D eigenvalue weighted by Gasteiger charge is -2.50. The van der Waals surface area contributed by atoms with Gasteiger partial charge in [0.2, 0.25) is 0 Å². The molecule has 1 aromatic heterocycles. The first kappa shape index (κ1) is 20.8. The quantitative estimate of drug-likeness (QED) is 0.600. The molecule has 31 heavy (non-hydrogen) atoms. The Hall–Kier alpha value is -3.43. The van der Waals surface area contributed by atoms with Crippen molar-refractivity contribution < 1.29 is 26.7 Å². The van der Waals surface area contributed by atoms with Crippen molar-refractivity contribution in [2.24, 2.45) is 5.73 Å². The highest BCUT2D eigenvalue weighted by Gasteiger charge is 2.46. The number of anilines is 1. The maximum atomic E-state index is 13.8. The molecule has 162 valence electrons. The standard InChI is InChI=1S/C21H17F5N4O/c22-13-3-1-12(2-4-13)20(10-30(11-20)19(27)31)9-28-17-8-18(21(24,25)26)29-16-6-5-14(23)7-15(16)17/h1-8H,9-11H2,(H2,27,31)(H,28,29). The summed E-state index contributed by atoms with van der Waals surface area (Å²) in [6.07, 6.45) is -4.69. The second kappa shape index (κ2) is 7.36. The molecule has 2 amide bonds. The molecule has 0 unspecified atom stereocenters. The lowest BCUT2D eigenvalue weighted by Crippen LogP contribution is -2.65. The zero-order valence-electron chi connectivity index (χ0n) is 16.0. The van der Waals surface area contributed by atoms with Gasteiger partial charge in [-0.05, 0) is 42.0 Å². The Kier molecular flexibility index (Phi) is 4.95. The summed E-state index contributed by atoms with van der Waals surface area (Å²) in [6, 6.07) is 9.16. The molecule has 3 N–H and O–H groups in total. The van der Waals surface area contributed by atoms with Crippen LogP contribution in [-0.4, -0.2) is 35.5 Å². The van der Waals surface area contributed by atoms with Crippen LogP contribution in [0.1, 0.15) is 11.3 Å². The van der Waals surface area contributed by atoms with Crippen LogP contribution in [-0.2, 0) is 11.6 Å². The molecule has 10 heteroatoms. The van der Waals surface area contributed by atoms with E-state index in [1.807, 2.05) is 0 Å². The second-order valence-electron chi connectivity index (χ2n) is 7.55. The number of aromatic nitrogens is 1. The lowest BCUT2D eigenvalue weighted by atomic mass is 9.73.